The van der Waals surface area contributed by atoms with Crippen LogP contribution in [0.25, 0.3) is 22.0 Å². The number of unbranched alkanes of at least 4 members (excludes halogenated alkanes) is 1. The van der Waals surface area contributed by atoms with Gasteiger partial charge in [-0.2, -0.15) is 10.2 Å². The molecule has 384 valence electrons. The van der Waals surface area contributed by atoms with Crippen LogP contribution in [-0.2, 0) is 26.2 Å². The second-order valence-corrected chi connectivity index (χ2v) is 21.6. The van der Waals surface area contributed by atoms with Gasteiger partial charge in [-0.05, 0) is 95.5 Å². The Hall–Kier alpha value is -6.87. The fraction of sp³-hybridized carbons (Fsp3) is 0.500. The van der Waals surface area contributed by atoms with Gasteiger partial charge >= 0.3 is 5.97 Å². The number of ether oxygens (including phenoxy) is 1. The van der Waals surface area contributed by atoms with Crippen LogP contribution in [0.5, 0.6) is 5.88 Å². The molecule has 2 unspecified atom stereocenters. The van der Waals surface area contributed by atoms with Crippen LogP contribution in [-0.4, -0.2) is 135 Å². The number of nitrogens with two attached hydrogens (primary N) is 1. The molecule has 5 N–H and O–H groups in total. The number of aryl methyl sites for hydroxylation is 2. The molecule has 5 aromatic heterocycles. The lowest BCUT2D eigenvalue weighted by Gasteiger charge is -2.30. The zero-order valence-corrected chi connectivity index (χ0v) is 43.1. The number of hydrogen-bond acceptors (Lipinski definition) is 19. The minimum absolute atomic E-state index is 0.0497. The Labute approximate surface area is 430 Å². The molecule has 1 aromatic carbocycles. The molecular weight excluding hydrogens is 973 g/mol. The number of carboxylic acid groups (broad SMARTS) is 1. The highest BCUT2D eigenvalue weighted by Gasteiger charge is 2.45. The minimum Gasteiger partial charge on any atom is -0.479 e. The highest BCUT2D eigenvalue weighted by Crippen LogP contribution is 2.48. The summed E-state index contributed by atoms with van der Waals surface area (Å²) in [7, 11) is 0. The number of anilines is 2. The first-order chi connectivity index (χ1) is 35.1. The molecule has 6 atom stereocenters. The third-order valence-electron chi connectivity index (χ3n) is 14.1. The summed E-state index contributed by atoms with van der Waals surface area (Å²) in [6.45, 7) is 13.4. The SMILES string of the molecule is Cc1ncsc1-c1ccc(C(NC(=O)[C@@H]2C[C@@H](O)CN2C(=O)C(C(C)C)n2cc(OCCCCN3CCCN(c4nccc(-c5noc([C@@]6(C)CCCc7sc(N)c(C#N)c76)n5)n4)[C@@H](C)C3)nn2)C(=O)O)cc1. The molecule has 23 heteroatoms. The number of carboxylic acids is 1. The first-order valence-electron chi connectivity index (χ1n) is 24.7. The van der Waals surface area contributed by atoms with E-state index in [1.807, 2.05) is 27.7 Å². The second kappa shape index (κ2) is 21.7. The quantitative estimate of drug-likeness (QED) is 0.0813. The Morgan fingerprint density at radius 3 is 2.64 bits per heavy atom. The normalized spacial score (nSPS) is 21.1. The van der Waals surface area contributed by atoms with Gasteiger partial charge in [0.05, 0.1) is 46.0 Å². The van der Waals surface area contributed by atoms with Gasteiger partial charge in [0.1, 0.15) is 28.8 Å². The number of carbonyl (C=O) groups excluding carboxylic acids is 2. The highest BCUT2D eigenvalue weighted by molar-refractivity contribution is 7.16. The molecule has 1 aliphatic carbocycles. The Kier molecular flexibility index (Phi) is 15.2. The van der Waals surface area contributed by atoms with Crippen LogP contribution in [0.4, 0.5) is 10.9 Å². The molecule has 0 saturated carbocycles. The van der Waals surface area contributed by atoms with Gasteiger partial charge in [0.15, 0.2) is 6.04 Å². The predicted octanol–water partition coefficient (Wildman–Crippen LogP) is 5.57. The number of aliphatic hydroxyl groups is 1. The fourth-order valence-electron chi connectivity index (χ4n) is 10.4. The van der Waals surface area contributed by atoms with Crippen LogP contribution in [0.2, 0.25) is 0 Å². The monoisotopic (exact) mass is 1030 g/mol. The molecule has 0 spiro atoms. The van der Waals surface area contributed by atoms with Gasteiger partial charge in [-0.3, -0.25) is 9.59 Å². The standard InChI is InChI=1S/C50H60N14O7S2/c1-28(2)41(46(67)63-25-33(65)22-36(63)45(66)56-40(47(68)69)31-11-13-32(14-12-31)42-30(4)54-27-72-42)64-26-38(58-60-64)70-21-7-6-18-61-19-9-20-62(29(3)24-61)49-53-17-15-35(55-49)44-57-48(71-59-44)50(5)16-8-10-37-39(50)34(23-51)43(52)73-37/h11-15,17,26-29,33,36,40-41,65H,6-10,16,18-22,24-25,52H2,1-5H3,(H,56,66)(H,68,69)/t29-,33+,36-,40?,41?,50-/m0/s1. The van der Waals surface area contributed by atoms with E-state index in [1.54, 1.807) is 48.2 Å². The number of thiophene rings is 1. The van der Waals surface area contributed by atoms with Crippen LogP contribution < -0.4 is 20.7 Å². The van der Waals surface area contributed by atoms with E-state index in [4.69, 9.17) is 25.0 Å². The molecule has 21 nitrogen and oxygen atoms in total. The molecule has 3 aliphatic rings. The number of nitrogens with one attached hydrogen (secondary N) is 1. The van der Waals surface area contributed by atoms with Crippen LogP contribution in [0.1, 0.15) is 111 Å². The van der Waals surface area contributed by atoms with E-state index in [0.717, 1.165) is 91.3 Å². The molecule has 6 aromatic rings. The Balaban J connectivity index is 0.760. The van der Waals surface area contributed by atoms with E-state index in [2.05, 4.69) is 53.5 Å². The van der Waals surface area contributed by atoms with Gasteiger partial charge in [0.25, 0.3) is 5.88 Å². The number of thiazole rings is 1. The van der Waals surface area contributed by atoms with E-state index >= 15 is 0 Å². The van der Waals surface area contributed by atoms with Gasteiger partial charge < -0.3 is 45.2 Å². The number of aromatic nitrogens is 8. The Bertz CT molecular complexity index is 2980. The summed E-state index contributed by atoms with van der Waals surface area (Å²) in [6, 6.07) is 7.72. The van der Waals surface area contributed by atoms with Crippen LogP contribution in [0.15, 0.2) is 52.8 Å². The third-order valence-corrected chi connectivity index (χ3v) is 16.2. The summed E-state index contributed by atoms with van der Waals surface area (Å²) in [5.74, 6) is -1.02. The number of nitriles is 1. The van der Waals surface area contributed by atoms with Crippen molar-refractivity contribution >= 4 is 51.4 Å². The minimum atomic E-state index is -1.38. The topological polar surface area (TPSA) is 281 Å². The molecule has 2 fully saturated rings. The fourth-order valence-corrected chi connectivity index (χ4v) is 12.4. The van der Waals surface area contributed by atoms with Crippen molar-refractivity contribution < 1.29 is 33.9 Å². The zero-order chi connectivity index (χ0) is 51.6. The van der Waals surface area contributed by atoms with Gasteiger partial charge in [-0.1, -0.05) is 53.6 Å². The summed E-state index contributed by atoms with van der Waals surface area (Å²) in [6.07, 6.45) is 7.34. The molecule has 2 aliphatic heterocycles. The molecule has 2 saturated heterocycles. The predicted molar refractivity (Wildman–Crippen MR) is 272 cm³/mol. The number of amides is 2. The summed E-state index contributed by atoms with van der Waals surface area (Å²) in [5.41, 5.74) is 11.4. The van der Waals surface area contributed by atoms with Crippen molar-refractivity contribution in [3.63, 3.8) is 0 Å². The van der Waals surface area contributed by atoms with E-state index in [-0.39, 0.29) is 30.8 Å². The average Bonchev–Trinajstić information content (AvgIpc) is 4.23. The van der Waals surface area contributed by atoms with Crippen molar-refractivity contribution in [3.8, 4) is 33.9 Å². The molecule has 0 bridgehead atoms. The van der Waals surface area contributed by atoms with Crippen LogP contribution in [0, 0.1) is 24.2 Å². The number of rotatable bonds is 17. The number of benzene rings is 1. The lowest BCUT2D eigenvalue weighted by Crippen LogP contribution is -2.50. The Morgan fingerprint density at radius 2 is 1.90 bits per heavy atom. The molecule has 0 radical (unpaired) electrons. The largest absolute Gasteiger partial charge is 0.479 e. The van der Waals surface area contributed by atoms with Crippen molar-refractivity contribution in [2.45, 2.75) is 115 Å². The number of hydrogen-bond donors (Lipinski definition) is 4. The van der Waals surface area contributed by atoms with Gasteiger partial charge in [-0.15, -0.1) is 22.7 Å². The molecule has 2 amide bonds. The van der Waals surface area contributed by atoms with Crippen molar-refractivity contribution in [3.05, 3.63) is 81.4 Å². The molecular formula is C50H60N14O7S2. The maximum absolute atomic E-state index is 14.3. The summed E-state index contributed by atoms with van der Waals surface area (Å²) >= 11 is 2.94. The lowest BCUT2D eigenvalue weighted by molar-refractivity contribution is -0.145. The first-order valence-corrected chi connectivity index (χ1v) is 26.4. The van der Waals surface area contributed by atoms with Crippen LogP contribution >= 0.6 is 22.7 Å². The first kappa shape index (κ1) is 51.0. The lowest BCUT2D eigenvalue weighted by atomic mass is 9.72. The van der Waals surface area contributed by atoms with Gasteiger partial charge in [0.2, 0.25) is 29.5 Å². The van der Waals surface area contributed by atoms with Crippen molar-refractivity contribution in [1.82, 2.24) is 55.2 Å². The van der Waals surface area contributed by atoms with Crippen molar-refractivity contribution in [2.75, 3.05) is 50.0 Å². The average molecular weight is 1030 g/mol. The van der Waals surface area contributed by atoms with E-state index in [9.17, 15) is 29.9 Å². The number of aliphatic carboxylic acids is 1. The van der Waals surface area contributed by atoms with Gasteiger partial charge in [-0.25, -0.2) is 24.4 Å². The number of nitrogens with zero attached hydrogens (tertiary/aromatic N) is 12. The zero-order valence-electron chi connectivity index (χ0n) is 41.5. The molecule has 9 rings (SSSR count). The third kappa shape index (κ3) is 10.6. The number of nitrogen functional groups attached to an aromatic ring is 1. The van der Waals surface area contributed by atoms with Crippen molar-refractivity contribution in [2.24, 2.45) is 5.92 Å². The maximum atomic E-state index is 14.3. The van der Waals surface area contributed by atoms with E-state index in [0.29, 0.717) is 46.1 Å². The van der Waals surface area contributed by atoms with Crippen molar-refractivity contribution in [1.29, 1.82) is 5.26 Å². The van der Waals surface area contributed by atoms with Crippen LogP contribution in [0.3, 0.4) is 0 Å². The molecule has 7 heterocycles. The Morgan fingerprint density at radius 1 is 1.10 bits per heavy atom. The van der Waals surface area contributed by atoms with E-state index < -0.39 is 47.4 Å². The smallest absolute Gasteiger partial charge is 0.330 e. The maximum Gasteiger partial charge on any atom is 0.330 e. The summed E-state index contributed by atoms with van der Waals surface area (Å²) in [5, 5.41) is 46.7. The number of likely N-dealkylation sites (tertiary alicyclic amines) is 1. The highest BCUT2D eigenvalue weighted by atomic mass is 32.1. The number of β-amino-alcohol motifs (C(OH)–C–C–N with tert-alkyl or cyclic N) is 1. The number of aliphatic hydroxyl groups excluding tert-OH is 1. The second-order valence-electron chi connectivity index (χ2n) is 19.6. The summed E-state index contributed by atoms with van der Waals surface area (Å²) in [4.78, 5) is 67.2. The number of carbonyl (C=O) groups is 3. The van der Waals surface area contributed by atoms with E-state index in [1.165, 1.54) is 32.3 Å². The molecule has 73 heavy (non-hydrogen) atoms. The summed E-state index contributed by atoms with van der Waals surface area (Å²) < 4.78 is 13.3. The number of fused-ring (bicyclic) bond motifs is 1. The van der Waals surface area contributed by atoms with Gasteiger partial charge in [0, 0.05) is 48.7 Å².